The molecule has 0 radical (unpaired) electrons. The average Bonchev–Trinajstić information content (AvgIpc) is 3.09. The molecule has 0 unspecified atom stereocenters. The number of nitrogens with zero attached hydrogens (tertiary/aromatic N) is 1. The van der Waals surface area contributed by atoms with E-state index in [0.29, 0.717) is 24.2 Å². The molecule has 0 saturated carbocycles. The number of ether oxygens (including phenoxy) is 1. The zero-order chi connectivity index (χ0) is 18.5. The predicted octanol–water partition coefficient (Wildman–Crippen LogP) is 3.94. The van der Waals surface area contributed by atoms with Crippen molar-refractivity contribution in [1.82, 2.24) is 4.98 Å². The number of benzene rings is 2. The van der Waals surface area contributed by atoms with Gasteiger partial charge in [-0.3, -0.25) is 9.69 Å². The third-order valence-corrected chi connectivity index (χ3v) is 4.28. The number of rotatable bonds is 5. The van der Waals surface area contributed by atoms with E-state index in [1.54, 1.807) is 31.3 Å². The highest BCUT2D eigenvalue weighted by Crippen LogP contribution is 2.20. The van der Waals surface area contributed by atoms with Gasteiger partial charge in [-0.1, -0.05) is 18.2 Å². The number of carbonyl (C=O) groups excluding carboxylic acids is 2. The van der Waals surface area contributed by atoms with Gasteiger partial charge >= 0.3 is 6.09 Å². The minimum Gasteiger partial charge on any atom is -0.452 e. The molecule has 0 aliphatic carbocycles. The van der Waals surface area contributed by atoms with Crippen molar-refractivity contribution in [2.75, 3.05) is 24.4 Å². The molecule has 1 aromatic heterocycles. The van der Waals surface area contributed by atoms with Gasteiger partial charge in [-0.25, -0.2) is 4.79 Å². The third-order valence-electron chi connectivity index (χ3n) is 4.28. The molecule has 2 N–H and O–H groups in total. The van der Waals surface area contributed by atoms with E-state index in [4.69, 9.17) is 0 Å². The normalized spacial score (nSPS) is 10.5. The Bertz CT molecular complexity index is 915. The van der Waals surface area contributed by atoms with E-state index in [9.17, 15) is 9.59 Å². The molecule has 0 fully saturated rings. The van der Waals surface area contributed by atoms with Crippen LogP contribution in [0.2, 0.25) is 0 Å². The highest BCUT2D eigenvalue weighted by molar-refractivity contribution is 5.92. The lowest BCUT2D eigenvalue weighted by atomic mass is 10.1. The highest BCUT2D eigenvalue weighted by atomic mass is 16.5. The van der Waals surface area contributed by atoms with Crippen molar-refractivity contribution in [2.45, 2.75) is 12.8 Å². The van der Waals surface area contributed by atoms with Crippen LogP contribution < -0.4 is 10.2 Å². The fraction of sp³-hybridized carbons (Fsp3) is 0.200. The highest BCUT2D eigenvalue weighted by Gasteiger charge is 2.11. The molecule has 3 rings (SSSR count). The van der Waals surface area contributed by atoms with Gasteiger partial charge in [0.25, 0.3) is 0 Å². The maximum Gasteiger partial charge on any atom is 0.413 e. The maximum atomic E-state index is 12.2. The molecule has 26 heavy (non-hydrogen) atoms. The van der Waals surface area contributed by atoms with Crippen LogP contribution in [0.15, 0.2) is 54.7 Å². The van der Waals surface area contributed by atoms with Crippen LogP contribution in [0.4, 0.5) is 16.2 Å². The molecular formula is C20H21N3O3. The lowest BCUT2D eigenvalue weighted by molar-refractivity contribution is -0.116. The van der Waals surface area contributed by atoms with Gasteiger partial charge in [0, 0.05) is 41.9 Å². The Morgan fingerprint density at radius 2 is 1.85 bits per heavy atom. The first-order valence-corrected chi connectivity index (χ1v) is 8.35. The zero-order valence-corrected chi connectivity index (χ0v) is 14.8. The minimum absolute atomic E-state index is 0.0515. The Labute approximate surface area is 151 Å². The number of fused-ring (bicyclic) bond motifs is 1. The average molecular weight is 351 g/mol. The second-order valence-electron chi connectivity index (χ2n) is 5.98. The zero-order valence-electron chi connectivity index (χ0n) is 14.8. The number of H-pyrrole nitrogens is 1. The van der Waals surface area contributed by atoms with E-state index in [-0.39, 0.29) is 5.91 Å². The molecule has 0 saturated heterocycles. The number of methoxy groups -OCH3 is 1. The van der Waals surface area contributed by atoms with Gasteiger partial charge in [0.05, 0.1) is 7.11 Å². The van der Waals surface area contributed by atoms with Gasteiger partial charge in [0.1, 0.15) is 0 Å². The number of aromatic nitrogens is 1. The minimum atomic E-state index is -0.444. The van der Waals surface area contributed by atoms with Crippen LogP contribution in [0.5, 0.6) is 0 Å². The first-order chi connectivity index (χ1) is 12.6. The van der Waals surface area contributed by atoms with Gasteiger partial charge in [-0.2, -0.15) is 0 Å². The monoisotopic (exact) mass is 351 g/mol. The van der Waals surface area contributed by atoms with Crippen molar-refractivity contribution in [3.05, 3.63) is 60.3 Å². The Morgan fingerprint density at radius 3 is 2.58 bits per heavy atom. The van der Waals surface area contributed by atoms with Gasteiger partial charge in [0.15, 0.2) is 0 Å². The summed E-state index contributed by atoms with van der Waals surface area (Å²) in [6, 6.07) is 15.1. The molecule has 2 amide bonds. The smallest absolute Gasteiger partial charge is 0.413 e. The standard InChI is InChI=1S/C20H21N3O3/c1-23(20(25)26-2)16-10-8-15(9-11-16)22-19(24)12-7-14-13-21-18-6-4-3-5-17(14)18/h3-6,8-11,13,21H,7,12H2,1-2H3,(H,22,24). The number of hydrogen-bond acceptors (Lipinski definition) is 3. The van der Waals surface area contributed by atoms with Crippen LogP contribution >= 0.6 is 0 Å². The number of hydrogen-bond donors (Lipinski definition) is 2. The molecule has 2 aromatic carbocycles. The van der Waals surface area contributed by atoms with Crippen LogP contribution in [0, 0.1) is 0 Å². The molecule has 6 nitrogen and oxygen atoms in total. The van der Waals surface area contributed by atoms with E-state index in [1.807, 2.05) is 24.4 Å². The van der Waals surface area contributed by atoms with Gasteiger partial charge in [-0.15, -0.1) is 0 Å². The first-order valence-electron chi connectivity index (χ1n) is 8.35. The van der Waals surface area contributed by atoms with E-state index < -0.39 is 6.09 Å². The summed E-state index contributed by atoms with van der Waals surface area (Å²) in [5, 5.41) is 4.03. The van der Waals surface area contributed by atoms with Crippen LogP contribution in [-0.2, 0) is 16.0 Å². The molecule has 0 aliphatic heterocycles. The quantitative estimate of drug-likeness (QED) is 0.731. The number of anilines is 2. The molecule has 1 heterocycles. The first kappa shape index (κ1) is 17.5. The van der Waals surface area contributed by atoms with Crippen molar-refractivity contribution < 1.29 is 14.3 Å². The number of para-hydroxylation sites is 1. The van der Waals surface area contributed by atoms with E-state index >= 15 is 0 Å². The second kappa shape index (κ2) is 7.74. The SMILES string of the molecule is COC(=O)N(C)c1ccc(NC(=O)CCc2c[nH]c3ccccc23)cc1. The topological polar surface area (TPSA) is 74.4 Å². The largest absolute Gasteiger partial charge is 0.452 e. The lowest BCUT2D eigenvalue weighted by Crippen LogP contribution is -2.25. The Kier molecular flexibility index (Phi) is 5.22. The van der Waals surface area contributed by atoms with Crippen molar-refractivity contribution in [3.63, 3.8) is 0 Å². The molecule has 0 bridgehead atoms. The molecule has 134 valence electrons. The number of amides is 2. The second-order valence-corrected chi connectivity index (χ2v) is 5.98. The number of aromatic amines is 1. The van der Waals surface area contributed by atoms with E-state index in [0.717, 1.165) is 16.5 Å². The van der Waals surface area contributed by atoms with Crippen molar-refractivity contribution in [1.29, 1.82) is 0 Å². The number of aryl methyl sites for hydroxylation is 1. The summed E-state index contributed by atoms with van der Waals surface area (Å²) in [4.78, 5) is 28.3. The predicted molar refractivity (Wildman–Crippen MR) is 102 cm³/mol. The van der Waals surface area contributed by atoms with Gasteiger partial charge in [0.2, 0.25) is 5.91 Å². The maximum absolute atomic E-state index is 12.2. The Balaban J connectivity index is 1.57. The van der Waals surface area contributed by atoms with Crippen molar-refractivity contribution >= 4 is 34.3 Å². The van der Waals surface area contributed by atoms with Gasteiger partial charge in [-0.05, 0) is 42.3 Å². The van der Waals surface area contributed by atoms with Crippen molar-refractivity contribution in [2.24, 2.45) is 0 Å². The molecule has 0 aliphatic rings. The fourth-order valence-electron chi connectivity index (χ4n) is 2.82. The summed E-state index contributed by atoms with van der Waals surface area (Å²) in [5.74, 6) is -0.0515. The lowest BCUT2D eigenvalue weighted by Gasteiger charge is -2.15. The van der Waals surface area contributed by atoms with Crippen LogP contribution in [0.1, 0.15) is 12.0 Å². The molecule has 0 atom stereocenters. The van der Waals surface area contributed by atoms with E-state index in [2.05, 4.69) is 21.1 Å². The summed E-state index contributed by atoms with van der Waals surface area (Å²) >= 11 is 0. The fourth-order valence-corrected chi connectivity index (χ4v) is 2.82. The summed E-state index contributed by atoms with van der Waals surface area (Å²) in [7, 11) is 2.96. The molecule has 6 heteroatoms. The van der Waals surface area contributed by atoms with Crippen LogP contribution in [0.25, 0.3) is 10.9 Å². The summed E-state index contributed by atoms with van der Waals surface area (Å²) in [6.07, 6.45) is 2.57. The summed E-state index contributed by atoms with van der Waals surface area (Å²) < 4.78 is 4.67. The molecule has 3 aromatic rings. The number of carbonyl (C=O) groups is 2. The summed E-state index contributed by atoms with van der Waals surface area (Å²) in [6.45, 7) is 0. The van der Waals surface area contributed by atoms with Crippen molar-refractivity contribution in [3.8, 4) is 0 Å². The Hall–Kier alpha value is -3.28. The molecular weight excluding hydrogens is 330 g/mol. The van der Waals surface area contributed by atoms with Crippen LogP contribution in [0.3, 0.4) is 0 Å². The van der Waals surface area contributed by atoms with Gasteiger partial charge < -0.3 is 15.0 Å². The Morgan fingerprint density at radius 1 is 1.12 bits per heavy atom. The third kappa shape index (κ3) is 3.85. The number of nitrogens with one attached hydrogen (secondary N) is 2. The van der Waals surface area contributed by atoms with E-state index in [1.165, 1.54) is 12.0 Å². The summed E-state index contributed by atoms with van der Waals surface area (Å²) in [5.41, 5.74) is 3.59. The molecule has 0 spiro atoms. The van der Waals surface area contributed by atoms with Crippen LogP contribution in [-0.4, -0.2) is 31.1 Å².